The van der Waals surface area contributed by atoms with Crippen molar-refractivity contribution >= 4 is 0 Å². The maximum absolute atomic E-state index is 5.02. The lowest BCUT2D eigenvalue weighted by Gasteiger charge is -2.06. The Morgan fingerprint density at radius 3 is 3.06 bits per heavy atom. The van der Waals surface area contributed by atoms with Crippen LogP contribution in [0, 0.1) is 6.92 Å². The maximum atomic E-state index is 5.02. The van der Waals surface area contributed by atoms with Gasteiger partial charge < -0.3 is 14.4 Å². The van der Waals surface area contributed by atoms with Crippen molar-refractivity contribution < 1.29 is 4.52 Å². The Bertz CT molecular complexity index is 498. The first-order chi connectivity index (χ1) is 8.33. The third-order valence-corrected chi connectivity index (χ3v) is 2.98. The molecule has 1 aliphatic rings. The van der Waals surface area contributed by atoms with Gasteiger partial charge in [-0.25, -0.2) is 4.98 Å². The summed E-state index contributed by atoms with van der Waals surface area (Å²) in [7, 11) is 0. The normalized spacial score (nSPS) is 15.4. The lowest BCUT2D eigenvalue weighted by molar-refractivity contribution is 0.388. The van der Waals surface area contributed by atoms with Gasteiger partial charge in [0.15, 0.2) is 0 Å². The number of hydrogen-bond acceptors (Lipinski definition) is 4. The van der Waals surface area contributed by atoms with Crippen LogP contribution in [0.15, 0.2) is 23.1 Å². The van der Waals surface area contributed by atoms with Crippen molar-refractivity contribution in [2.75, 3.05) is 0 Å². The fraction of sp³-hybridized carbons (Fsp3) is 0.500. The molecule has 0 unspecified atom stereocenters. The van der Waals surface area contributed by atoms with Gasteiger partial charge in [-0.3, -0.25) is 0 Å². The van der Waals surface area contributed by atoms with Gasteiger partial charge in [-0.1, -0.05) is 5.16 Å². The van der Waals surface area contributed by atoms with Gasteiger partial charge in [0.1, 0.15) is 5.76 Å². The summed E-state index contributed by atoms with van der Waals surface area (Å²) in [6.07, 6.45) is 6.42. The number of aryl methyl sites for hydroxylation is 1. The van der Waals surface area contributed by atoms with Crippen molar-refractivity contribution in [1.29, 1.82) is 0 Å². The number of hydrogen-bond donors (Lipinski definition) is 1. The predicted octanol–water partition coefficient (Wildman–Crippen LogP) is 1.80. The van der Waals surface area contributed by atoms with Gasteiger partial charge in [0.2, 0.25) is 0 Å². The number of aromatic nitrogens is 3. The molecule has 17 heavy (non-hydrogen) atoms. The van der Waals surface area contributed by atoms with E-state index in [2.05, 4.69) is 20.0 Å². The molecule has 1 fully saturated rings. The van der Waals surface area contributed by atoms with Crippen molar-refractivity contribution in [1.82, 2.24) is 20.0 Å². The van der Waals surface area contributed by atoms with Gasteiger partial charge in [-0.15, -0.1) is 0 Å². The summed E-state index contributed by atoms with van der Waals surface area (Å²) in [5.74, 6) is 0.852. The Balaban J connectivity index is 1.55. The molecule has 2 aromatic rings. The molecule has 0 saturated heterocycles. The Labute approximate surface area is 99.8 Å². The quantitative estimate of drug-likeness (QED) is 0.854. The summed E-state index contributed by atoms with van der Waals surface area (Å²) < 4.78 is 7.28. The van der Waals surface area contributed by atoms with Crippen molar-refractivity contribution in [3.05, 3.63) is 35.7 Å². The summed E-state index contributed by atoms with van der Waals surface area (Å²) in [6.45, 7) is 3.45. The van der Waals surface area contributed by atoms with Crippen molar-refractivity contribution in [3.63, 3.8) is 0 Å². The smallest absolute Gasteiger partial charge is 0.133 e. The molecule has 0 aromatic carbocycles. The van der Waals surface area contributed by atoms with E-state index in [0.717, 1.165) is 24.5 Å². The lowest BCUT2D eigenvalue weighted by Crippen LogP contribution is -2.15. The summed E-state index contributed by atoms with van der Waals surface area (Å²) in [6, 6.07) is 2.63. The fourth-order valence-electron chi connectivity index (χ4n) is 1.97. The third-order valence-electron chi connectivity index (χ3n) is 2.98. The molecule has 1 N–H and O–H groups in total. The minimum absolute atomic E-state index is 0.684. The van der Waals surface area contributed by atoms with E-state index in [1.165, 1.54) is 18.5 Å². The highest BCUT2D eigenvalue weighted by Gasteiger charge is 2.24. The first-order valence-corrected chi connectivity index (χ1v) is 5.96. The zero-order chi connectivity index (χ0) is 11.7. The molecule has 2 heterocycles. The first kappa shape index (κ1) is 10.5. The third kappa shape index (κ3) is 2.39. The topological polar surface area (TPSA) is 55.9 Å². The second kappa shape index (κ2) is 4.33. The van der Waals surface area contributed by atoms with Crippen LogP contribution in [0.5, 0.6) is 0 Å². The standard InChI is InChI=1S/C12H16N4O/c1-9-4-10(15-17-9)5-13-6-12-7-14-8-16(12)11-2-3-11/h4,7-8,11,13H,2-3,5-6H2,1H3. The van der Waals surface area contributed by atoms with Crippen LogP contribution in [0.25, 0.3) is 0 Å². The average Bonchev–Trinajstić information content (AvgIpc) is 2.92. The molecular weight excluding hydrogens is 216 g/mol. The monoisotopic (exact) mass is 232 g/mol. The highest BCUT2D eigenvalue weighted by Crippen LogP contribution is 2.35. The number of imidazole rings is 1. The molecule has 90 valence electrons. The van der Waals surface area contributed by atoms with Gasteiger partial charge in [0, 0.05) is 31.4 Å². The van der Waals surface area contributed by atoms with Gasteiger partial charge >= 0.3 is 0 Å². The van der Waals surface area contributed by atoms with E-state index < -0.39 is 0 Å². The summed E-state index contributed by atoms with van der Waals surface area (Å²) >= 11 is 0. The number of nitrogens with zero attached hydrogens (tertiary/aromatic N) is 3. The largest absolute Gasteiger partial charge is 0.361 e. The van der Waals surface area contributed by atoms with Crippen LogP contribution >= 0.6 is 0 Å². The molecule has 0 atom stereocenters. The highest BCUT2D eigenvalue weighted by atomic mass is 16.5. The second-order valence-electron chi connectivity index (χ2n) is 4.56. The molecule has 5 heteroatoms. The van der Waals surface area contributed by atoms with Crippen LogP contribution in [0.4, 0.5) is 0 Å². The molecular formula is C12H16N4O. The molecule has 5 nitrogen and oxygen atoms in total. The van der Waals surface area contributed by atoms with Crippen LogP contribution in [-0.4, -0.2) is 14.7 Å². The number of rotatable bonds is 5. The molecule has 0 amide bonds. The van der Waals surface area contributed by atoms with Crippen molar-refractivity contribution in [3.8, 4) is 0 Å². The molecule has 1 saturated carbocycles. The van der Waals surface area contributed by atoms with E-state index in [1.807, 2.05) is 25.5 Å². The Morgan fingerprint density at radius 2 is 2.35 bits per heavy atom. The lowest BCUT2D eigenvalue weighted by atomic mass is 10.3. The molecule has 1 aliphatic carbocycles. The van der Waals surface area contributed by atoms with Crippen LogP contribution in [0.2, 0.25) is 0 Å². The Morgan fingerprint density at radius 1 is 1.47 bits per heavy atom. The van der Waals surface area contributed by atoms with E-state index in [9.17, 15) is 0 Å². The van der Waals surface area contributed by atoms with E-state index in [0.29, 0.717) is 6.04 Å². The minimum atomic E-state index is 0.684. The van der Waals surface area contributed by atoms with Crippen molar-refractivity contribution in [2.45, 2.75) is 38.9 Å². The van der Waals surface area contributed by atoms with Gasteiger partial charge in [0.25, 0.3) is 0 Å². The zero-order valence-corrected chi connectivity index (χ0v) is 9.89. The maximum Gasteiger partial charge on any atom is 0.133 e. The van der Waals surface area contributed by atoms with E-state index in [-0.39, 0.29) is 0 Å². The number of nitrogens with one attached hydrogen (secondary N) is 1. The molecule has 0 radical (unpaired) electrons. The average molecular weight is 232 g/mol. The minimum Gasteiger partial charge on any atom is -0.361 e. The molecule has 2 aromatic heterocycles. The van der Waals surface area contributed by atoms with E-state index in [4.69, 9.17) is 4.52 Å². The molecule has 0 spiro atoms. The first-order valence-electron chi connectivity index (χ1n) is 5.96. The van der Waals surface area contributed by atoms with Crippen LogP contribution in [0.3, 0.4) is 0 Å². The van der Waals surface area contributed by atoms with Gasteiger partial charge in [0.05, 0.1) is 17.7 Å². The molecule has 3 rings (SSSR count). The molecule has 0 aliphatic heterocycles. The SMILES string of the molecule is Cc1cc(CNCc2cncn2C2CC2)no1. The summed E-state index contributed by atoms with van der Waals surface area (Å²) in [4.78, 5) is 4.20. The van der Waals surface area contributed by atoms with Gasteiger partial charge in [-0.05, 0) is 19.8 Å². The second-order valence-corrected chi connectivity index (χ2v) is 4.56. The fourth-order valence-corrected chi connectivity index (χ4v) is 1.97. The highest BCUT2D eigenvalue weighted by molar-refractivity contribution is 5.05. The van der Waals surface area contributed by atoms with E-state index in [1.54, 1.807) is 0 Å². The zero-order valence-electron chi connectivity index (χ0n) is 9.89. The molecule has 0 bridgehead atoms. The van der Waals surface area contributed by atoms with Crippen LogP contribution < -0.4 is 5.32 Å². The summed E-state index contributed by atoms with van der Waals surface area (Å²) in [5.41, 5.74) is 2.19. The van der Waals surface area contributed by atoms with Crippen LogP contribution in [0.1, 0.15) is 36.0 Å². The van der Waals surface area contributed by atoms with Gasteiger partial charge in [-0.2, -0.15) is 0 Å². The Hall–Kier alpha value is -1.62. The Kier molecular flexibility index (Phi) is 2.68. The predicted molar refractivity (Wildman–Crippen MR) is 62.3 cm³/mol. The van der Waals surface area contributed by atoms with E-state index >= 15 is 0 Å². The summed E-state index contributed by atoms with van der Waals surface area (Å²) in [5, 5.41) is 7.30. The van der Waals surface area contributed by atoms with Crippen molar-refractivity contribution in [2.24, 2.45) is 0 Å². The van der Waals surface area contributed by atoms with Crippen LogP contribution in [-0.2, 0) is 13.1 Å².